The van der Waals surface area contributed by atoms with Crippen molar-refractivity contribution in [3.8, 4) is 11.6 Å². The summed E-state index contributed by atoms with van der Waals surface area (Å²) in [5.74, 6) is 0.209. The number of aromatic nitrogens is 2. The van der Waals surface area contributed by atoms with Gasteiger partial charge in [0.1, 0.15) is 12.1 Å². The van der Waals surface area contributed by atoms with Crippen LogP contribution in [-0.4, -0.2) is 14.9 Å². The fraction of sp³-hybridized carbons (Fsp3) is 0. The summed E-state index contributed by atoms with van der Waals surface area (Å²) in [6.45, 7) is 0. The fourth-order valence-electron chi connectivity index (χ4n) is 1.21. The van der Waals surface area contributed by atoms with Gasteiger partial charge in [-0.05, 0) is 18.2 Å². The van der Waals surface area contributed by atoms with Crippen molar-refractivity contribution in [1.29, 1.82) is 0 Å². The molecule has 2 aromatic rings. The second-order valence-electron chi connectivity index (χ2n) is 3.13. The largest absolute Gasteiger partial charge is 0.434 e. The third-order valence-corrected chi connectivity index (χ3v) is 2.71. The highest BCUT2D eigenvalue weighted by molar-refractivity contribution is 9.10. The molecule has 1 heterocycles. The number of hydrogen-bond acceptors (Lipinski definition) is 5. The molecule has 0 aliphatic heterocycles. The number of halogens is 2. The van der Waals surface area contributed by atoms with E-state index in [1.54, 1.807) is 24.3 Å². The fourth-order valence-corrected chi connectivity index (χ4v) is 1.78. The van der Waals surface area contributed by atoms with Gasteiger partial charge in [-0.1, -0.05) is 33.6 Å². The maximum atomic E-state index is 10.9. The van der Waals surface area contributed by atoms with E-state index in [1.807, 2.05) is 0 Å². The number of nitrogens with zero attached hydrogens (tertiary/aromatic N) is 3. The molecule has 1 aromatic carbocycles. The van der Waals surface area contributed by atoms with Crippen molar-refractivity contribution >= 4 is 33.2 Å². The highest BCUT2D eigenvalue weighted by atomic mass is 79.9. The van der Waals surface area contributed by atoms with Gasteiger partial charge in [-0.2, -0.15) is 4.98 Å². The first-order valence-electron chi connectivity index (χ1n) is 4.66. The van der Waals surface area contributed by atoms with Crippen LogP contribution in [0.5, 0.6) is 11.6 Å². The Morgan fingerprint density at radius 3 is 2.83 bits per heavy atom. The van der Waals surface area contributed by atoms with Gasteiger partial charge in [0.05, 0.1) is 4.92 Å². The first kappa shape index (κ1) is 12.7. The van der Waals surface area contributed by atoms with E-state index in [1.165, 1.54) is 0 Å². The molecular weight excluding hydrogens is 325 g/mol. The lowest BCUT2D eigenvalue weighted by Crippen LogP contribution is -1.98. The normalized spacial score (nSPS) is 10.1. The molecule has 0 unspecified atom stereocenters. The van der Waals surface area contributed by atoms with Crippen LogP contribution in [0.25, 0.3) is 0 Å². The molecule has 0 radical (unpaired) electrons. The van der Waals surface area contributed by atoms with E-state index >= 15 is 0 Å². The Hall–Kier alpha value is -1.73. The van der Waals surface area contributed by atoms with E-state index in [0.717, 1.165) is 10.8 Å². The van der Waals surface area contributed by atoms with Crippen molar-refractivity contribution < 1.29 is 9.66 Å². The second kappa shape index (κ2) is 5.28. The van der Waals surface area contributed by atoms with Gasteiger partial charge in [0.15, 0.2) is 0 Å². The summed E-state index contributed by atoms with van der Waals surface area (Å²) < 4.78 is 6.11. The Kier molecular flexibility index (Phi) is 3.73. The average molecular weight is 331 g/mol. The van der Waals surface area contributed by atoms with E-state index < -0.39 is 10.6 Å². The van der Waals surface area contributed by atoms with Crippen molar-refractivity contribution in [2.45, 2.75) is 0 Å². The lowest BCUT2D eigenvalue weighted by Gasteiger charge is -2.05. The topological polar surface area (TPSA) is 78.2 Å². The highest BCUT2D eigenvalue weighted by Crippen LogP contribution is 2.33. The van der Waals surface area contributed by atoms with Crippen LogP contribution < -0.4 is 4.74 Å². The third-order valence-electron chi connectivity index (χ3n) is 1.94. The molecule has 0 atom stereocenters. The molecule has 0 saturated carbocycles. The lowest BCUT2D eigenvalue weighted by atomic mass is 10.3. The number of rotatable bonds is 3. The molecule has 0 fully saturated rings. The summed E-state index contributed by atoms with van der Waals surface area (Å²) in [5.41, 5.74) is -0.459. The molecule has 18 heavy (non-hydrogen) atoms. The highest BCUT2D eigenvalue weighted by Gasteiger charge is 2.23. The van der Waals surface area contributed by atoms with Crippen LogP contribution in [-0.2, 0) is 0 Å². The third kappa shape index (κ3) is 2.74. The zero-order valence-electron chi connectivity index (χ0n) is 8.71. The van der Waals surface area contributed by atoms with Crippen LogP contribution in [0, 0.1) is 10.1 Å². The molecule has 92 valence electrons. The Bertz CT molecular complexity index is 609. The molecule has 0 saturated heterocycles. The van der Waals surface area contributed by atoms with Gasteiger partial charge < -0.3 is 4.74 Å². The van der Waals surface area contributed by atoms with E-state index in [2.05, 4.69) is 25.9 Å². The van der Waals surface area contributed by atoms with Crippen molar-refractivity contribution in [1.82, 2.24) is 9.97 Å². The van der Waals surface area contributed by atoms with E-state index in [9.17, 15) is 10.1 Å². The van der Waals surface area contributed by atoms with Gasteiger partial charge >= 0.3 is 11.6 Å². The molecule has 2 rings (SSSR count). The second-order valence-corrected chi connectivity index (χ2v) is 4.41. The molecule has 6 nitrogen and oxygen atoms in total. The smallest absolute Gasteiger partial charge is 0.368 e. The van der Waals surface area contributed by atoms with Crippen molar-refractivity contribution in [3.05, 3.63) is 50.3 Å². The van der Waals surface area contributed by atoms with Crippen LogP contribution in [0.2, 0.25) is 5.15 Å². The minimum atomic E-state index is -0.685. The van der Waals surface area contributed by atoms with E-state index in [0.29, 0.717) is 5.75 Å². The first-order chi connectivity index (χ1) is 8.58. The molecule has 8 heteroatoms. The average Bonchev–Trinajstić information content (AvgIpc) is 2.28. The molecule has 0 N–H and O–H groups in total. The van der Waals surface area contributed by atoms with Crippen LogP contribution in [0.1, 0.15) is 0 Å². The maximum absolute atomic E-state index is 10.9. The summed E-state index contributed by atoms with van der Waals surface area (Å²) in [7, 11) is 0. The lowest BCUT2D eigenvalue weighted by molar-refractivity contribution is -0.386. The van der Waals surface area contributed by atoms with Crippen molar-refractivity contribution in [3.63, 3.8) is 0 Å². The predicted molar refractivity (Wildman–Crippen MR) is 67.9 cm³/mol. The quantitative estimate of drug-likeness (QED) is 0.488. The Labute approximate surface area is 115 Å². The van der Waals surface area contributed by atoms with Crippen molar-refractivity contribution in [2.24, 2.45) is 0 Å². The van der Waals surface area contributed by atoms with Crippen LogP contribution in [0.3, 0.4) is 0 Å². The van der Waals surface area contributed by atoms with Gasteiger partial charge in [-0.3, -0.25) is 10.1 Å². The molecular formula is C10H5BrClN3O3. The minimum absolute atomic E-state index is 0.196. The zero-order chi connectivity index (χ0) is 13.1. The summed E-state index contributed by atoms with van der Waals surface area (Å²) >= 11 is 8.90. The van der Waals surface area contributed by atoms with E-state index in [4.69, 9.17) is 16.3 Å². The van der Waals surface area contributed by atoms with Gasteiger partial charge in [-0.15, -0.1) is 0 Å². The minimum Gasteiger partial charge on any atom is -0.434 e. The van der Waals surface area contributed by atoms with Crippen LogP contribution in [0.15, 0.2) is 35.1 Å². The molecule has 1 aromatic heterocycles. The summed E-state index contributed by atoms with van der Waals surface area (Å²) in [4.78, 5) is 17.4. The van der Waals surface area contributed by atoms with Gasteiger partial charge in [0.2, 0.25) is 5.15 Å². The number of nitro groups is 1. The zero-order valence-corrected chi connectivity index (χ0v) is 11.1. The van der Waals surface area contributed by atoms with Gasteiger partial charge in [0.25, 0.3) is 0 Å². The van der Waals surface area contributed by atoms with Crippen molar-refractivity contribution in [2.75, 3.05) is 0 Å². The number of benzene rings is 1. The Balaban J connectivity index is 2.40. The summed E-state index contributed by atoms with van der Waals surface area (Å²) in [5, 5.41) is 10.6. The number of ether oxygens (including phenoxy) is 1. The standard InChI is InChI=1S/C10H5BrClN3O3/c11-6-2-1-3-7(4-6)18-10-8(15(16)17)9(12)13-5-14-10/h1-5H. The first-order valence-corrected chi connectivity index (χ1v) is 5.83. The Morgan fingerprint density at radius 2 is 2.17 bits per heavy atom. The molecule has 0 bridgehead atoms. The maximum Gasteiger partial charge on any atom is 0.368 e. The number of hydrogen-bond donors (Lipinski definition) is 0. The predicted octanol–water partition coefficient (Wildman–Crippen LogP) is 3.59. The molecule has 0 amide bonds. The van der Waals surface area contributed by atoms with E-state index in [-0.39, 0.29) is 11.0 Å². The van der Waals surface area contributed by atoms with Crippen LogP contribution in [0.4, 0.5) is 5.69 Å². The van der Waals surface area contributed by atoms with Gasteiger partial charge in [0, 0.05) is 4.47 Å². The Morgan fingerprint density at radius 1 is 1.39 bits per heavy atom. The summed E-state index contributed by atoms with van der Waals surface area (Å²) in [6, 6.07) is 6.83. The molecule has 0 aliphatic carbocycles. The SMILES string of the molecule is O=[N+]([O-])c1c(Cl)ncnc1Oc1cccc(Br)c1. The molecule has 0 aliphatic rings. The van der Waals surface area contributed by atoms with Crippen LogP contribution >= 0.6 is 27.5 Å². The molecule has 0 spiro atoms. The van der Waals surface area contributed by atoms with Gasteiger partial charge in [-0.25, -0.2) is 4.98 Å². The summed E-state index contributed by atoms with van der Waals surface area (Å²) in [6.07, 6.45) is 1.10. The monoisotopic (exact) mass is 329 g/mol.